The fraction of sp³-hybridized carbons (Fsp3) is 0.250. The van der Waals surface area contributed by atoms with Gasteiger partial charge < -0.3 is 15.2 Å². The molecule has 20 heavy (non-hydrogen) atoms. The van der Waals surface area contributed by atoms with E-state index in [-0.39, 0.29) is 11.9 Å². The smallest absolute Gasteiger partial charge is 0.136 e. The highest BCUT2D eigenvalue weighted by molar-refractivity contribution is 5.32. The molecule has 2 aromatic rings. The Morgan fingerprint density at radius 1 is 1.15 bits per heavy atom. The second kappa shape index (κ2) is 6.39. The topological polar surface area (TPSA) is 44.5 Å². The minimum atomic E-state index is -0.341. The molecule has 3 nitrogen and oxygen atoms in total. The van der Waals surface area contributed by atoms with E-state index < -0.39 is 0 Å². The third-order valence-electron chi connectivity index (χ3n) is 3.10. The third-order valence-corrected chi connectivity index (χ3v) is 3.10. The van der Waals surface area contributed by atoms with Crippen LogP contribution in [-0.4, -0.2) is 13.7 Å². The molecule has 0 amide bonds. The number of ether oxygens (including phenoxy) is 2. The molecule has 2 aromatic carbocycles. The van der Waals surface area contributed by atoms with Gasteiger partial charge >= 0.3 is 0 Å². The van der Waals surface area contributed by atoms with Crippen LogP contribution in [0.1, 0.15) is 17.2 Å². The molecule has 0 fully saturated rings. The highest BCUT2D eigenvalue weighted by Gasteiger charge is 2.13. The Morgan fingerprint density at radius 2 is 1.95 bits per heavy atom. The summed E-state index contributed by atoms with van der Waals surface area (Å²) in [5.41, 5.74) is 7.23. The number of rotatable bonds is 5. The van der Waals surface area contributed by atoms with E-state index in [1.807, 2.05) is 24.3 Å². The summed E-state index contributed by atoms with van der Waals surface area (Å²) in [6.07, 6.45) is -0.341. The van der Waals surface area contributed by atoms with Crippen LogP contribution in [0.5, 0.6) is 11.5 Å². The van der Waals surface area contributed by atoms with Gasteiger partial charge in [0.2, 0.25) is 0 Å². The third kappa shape index (κ3) is 3.27. The van der Waals surface area contributed by atoms with E-state index in [1.165, 1.54) is 6.07 Å². The van der Waals surface area contributed by atoms with Gasteiger partial charge in [0, 0.05) is 12.6 Å². The summed E-state index contributed by atoms with van der Waals surface area (Å²) in [4.78, 5) is 0. The highest BCUT2D eigenvalue weighted by Crippen LogP contribution is 2.25. The van der Waals surface area contributed by atoms with Gasteiger partial charge in [-0.3, -0.25) is 0 Å². The minimum Gasteiger partial charge on any atom is -0.497 e. The van der Waals surface area contributed by atoms with Crippen molar-refractivity contribution in [2.24, 2.45) is 5.73 Å². The van der Waals surface area contributed by atoms with E-state index in [9.17, 15) is 4.39 Å². The number of halogens is 1. The monoisotopic (exact) mass is 275 g/mol. The zero-order chi connectivity index (χ0) is 14.5. The largest absolute Gasteiger partial charge is 0.497 e. The first-order valence-corrected chi connectivity index (χ1v) is 6.41. The first-order chi connectivity index (χ1) is 9.63. The number of nitrogens with two attached hydrogens (primary N) is 1. The maximum absolute atomic E-state index is 13.5. The van der Waals surface area contributed by atoms with Crippen LogP contribution in [0, 0.1) is 12.7 Å². The molecule has 1 unspecified atom stereocenters. The van der Waals surface area contributed by atoms with E-state index in [4.69, 9.17) is 15.2 Å². The van der Waals surface area contributed by atoms with Gasteiger partial charge in [0.1, 0.15) is 23.4 Å². The van der Waals surface area contributed by atoms with Crippen LogP contribution < -0.4 is 15.2 Å². The van der Waals surface area contributed by atoms with Crippen molar-refractivity contribution in [2.75, 3.05) is 13.7 Å². The highest BCUT2D eigenvalue weighted by atomic mass is 19.1. The summed E-state index contributed by atoms with van der Waals surface area (Å²) in [6, 6.07) is 12.3. The molecule has 0 aliphatic heterocycles. The van der Waals surface area contributed by atoms with E-state index in [2.05, 4.69) is 0 Å². The molecule has 2 rings (SSSR count). The number of hydrogen-bond donors (Lipinski definition) is 1. The van der Waals surface area contributed by atoms with Gasteiger partial charge in [0.15, 0.2) is 0 Å². The van der Waals surface area contributed by atoms with Gasteiger partial charge in [0.05, 0.1) is 7.11 Å². The number of benzene rings is 2. The molecule has 0 saturated heterocycles. The summed E-state index contributed by atoms with van der Waals surface area (Å²) in [6.45, 7) is 2.00. The summed E-state index contributed by atoms with van der Waals surface area (Å²) in [5, 5.41) is 0. The van der Waals surface area contributed by atoms with Crippen molar-refractivity contribution in [3.05, 3.63) is 59.4 Å². The van der Waals surface area contributed by atoms with Crippen molar-refractivity contribution in [3.63, 3.8) is 0 Å². The lowest BCUT2D eigenvalue weighted by molar-refractivity contribution is 0.213. The van der Waals surface area contributed by atoms with E-state index in [0.717, 1.165) is 11.3 Å². The molecule has 4 heteroatoms. The van der Waals surface area contributed by atoms with Crippen LogP contribution in [0.25, 0.3) is 0 Å². The van der Waals surface area contributed by atoms with Crippen LogP contribution in [0.15, 0.2) is 42.5 Å². The second-order valence-corrected chi connectivity index (χ2v) is 4.53. The lowest BCUT2D eigenvalue weighted by atomic mass is 10.1. The van der Waals surface area contributed by atoms with Crippen LogP contribution in [0.2, 0.25) is 0 Å². The Balaban J connectivity index is 2.21. The van der Waals surface area contributed by atoms with Crippen molar-refractivity contribution in [2.45, 2.75) is 13.0 Å². The van der Waals surface area contributed by atoms with Crippen molar-refractivity contribution >= 4 is 0 Å². The van der Waals surface area contributed by atoms with Crippen molar-refractivity contribution < 1.29 is 13.9 Å². The number of methoxy groups -OCH3 is 1. The molecule has 0 spiro atoms. The Labute approximate surface area is 118 Å². The summed E-state index contributed by atoms with van der Waals surface area (Å²) < 4.78 is 24.5. The molecule has 0 aromatic heterocycles. The zero-order valence-corrected chi connectivity index (χ0v) is 11.6. The average Bonchev–Trinajstić information content (AvgIpc) is 2.48. The summed E-state index contributed by atoms with van der Waals surface area (Å²) in [5.74, 6) is 0.912. The van der Waals surface area contributed by atoms with Crippen LogP contribution >= 0.6 is 0 Å². The van der Waals surface area contributed by atoms with Crippen LogP contribution in [-0.2, 0) is 0 Å². The molecule has 0 radical (unpaired) electrons. The predicted octanol–water partition coefficient (Wildman–Crippen LogP) is 3.22. The Hall–Kier alpha value is -2.07. The standard InChI is InChI=1S/C16H18FNO2/c1-11-6-7-14(9-15(11)17)20-16(10-18)12-4-3-5-13(8-12)19-2/h3-9,16H,10,18H2,1-2H3. The van der Waals surface area contributed by atoms with Crippen LogP contribution in [0.4, 0.5) is 4.39 Å². The first-order valence-electron chi connectivity index (χ1n) is 6.41. The Kier molecular flexibility index (Phi) is 4.58. The molecule has 0 heterocycles. The zero-order valence-electron chi connectivity index (χ0n) is 11.6. The molecule has 1 atom stereocenters. The maximum Gasteiger partial charge on any atom is 0.136 e. The fourth-order valence-corrected chi connectivity index (χ4v) is 1.91. The molecule has 0 bridgehead atoms. The lowest BCUT2D eigenvalue weighted by Gasteiger charge is -2.18. The molecule has 0 aliphatic carbocycles. The molecule has 0 saturated carbocycles. The summed E-state index contributed by atoms with van der Waals surface area (Å²) >= 11 is 0. The second-order valence-electron chi connectivity index (χ2n) is 4.53. The fourth-order valence-electron chi connectivity index (χ4n) is 1.91. The van der Waals surface area contributed by atoms with Gasteiger partial charge in [-0.25, -0.2) is 4.39 Å². The predicted molar refractivity (Wildman–Crippen MR) is 76.6 cm³/mol. The Bertz CT molecular complexity index is 586. The molecular formula is C16H18FNO2. The normalized spacial score (nSPS) is 12.0. The van der Waals surface area contributed by atoms with Crippen LogP contribution in [0.3, 0.4) is 0 Å². The number of hydrogen-bond acceptors (Lipinski definition) is 3. The maximum atomic E-state index is 13.5. The summed E-state index contributed by atoms with van der Waals surface area (Å²) in [7, 11) is 1.60. The SMILES string of the molecule is COc1cccc(C(CN)Oc2ccc(C)c(F)c2)c1. The molecular weight excluding hydrogens is 257 g/mol. The quantitative estimate of drug-likeness (QED) is 0.911. The Morgan fingerprint density at radius 3 is 2.60 bits per heavy atom. The van der Waals surface area contributed by atoms with Crippen molar-refractivity contribution in [1.82, 2.24) is 0 Å². The van der Waals surface area contributed by atoms with E-state index in [1.54, 1.807) is 26.2 Å². The van der Waals surface area contributed by atoms with E-state index in [0.29, 0.717) is 17.9 Å². The number of aryl methyl sites for hydroxylation is 1. The molecule has 106 valence electrons. The van der Waals surface area contributed by atoms with Crippen molar-refractivity contribution in [1.29, 1.82) is 0 Å². The molecule has 0 aliphatic rings. The molecule has 2 N–H and O–H groups in total. The first kappa shape index (κ1) is 14.3. The van der Waals surface area contributed by atoms with Gasteiger partial charge in [0.25, 0.3) is 0 Å². The lowest BCUT2D eigenvalue weighted by Crippen LogP contribution is -2.18. The minimum absolute atomic E-state index is 0.288. The average molecular weight is 275 g/mol. The van der Waals surface area contributed by atoms with Gasteiger partial charge in [-0.1, -0.05) is 18.2 Å². The van der Waals surface area contributed by atoms with Gasteiger partial charge in [-0.05, 0) is 36.2 Å². The van der Waals surface area contributed by atoms with Crippen molar-refractivity contribution in [3.8, 4) is 11.5 Å². The van der Waals surface area contributed by atoms with Gasteiger partial charge in [-0.15, -0.1) is 0 Å². The van der Waals surface area contributed by atoms with E-state index >= 15 is 0 Å². The van der Waals surface area contributed by atoms with Gasteiger partial charge in [-0.2, -0.15) is 0 Å².